The molecule has 1 aromatic carbocycles. The van der Waals surface area contributed by atoms with Gasteiger partial charge >= 0.3 is 0 Å². The Morgan fingerprint density at radius 1 is 1.18 bits per heavy atom. The third-order valence-corrected chi connectivity index (χ3v) is 5.29. The second-order valence-corrected chi connectivity index (χ2v) is 7.89. The van der Waals surface area contributed by atoms with Gasteiger partial charge in [0.25, 0.3) is 0 Å². The van der Waals surface area contributed by atoms with Gasteiger partial charge in [-0.25, -0.2) is 0 Å². The van der Waals surface area contributed by atoms with Gasteiger partial charge < -0.3 is 11.3 Å². The van der Waals surface area contributed by atoms with Crippen LogP contribution < -0.4 is 6.15 Å². The molecular weight excluding hydrogens is 310 g/mol. The molecule has 0 fully saturated rings. The van der Waals surface area contributed by atoms with E-state index in [-0.39, 0.29) is 18.2 Å². The molecule has 4 N–H and O–H groups in total. The van der Waals surface area contributed by atoms with E-state index >= 15 is 0 Å². The number of benzene rings is 1. The van der Waals surface area contributed by atoms with Gasteiger partial charge in [-0.05, 0) is 44.4 Å². The summed E-state index contributed by atoms with van der Waals surface area (Å²) in [5.74, 6) is 3.53. The zero-order chi connectivity index (χ0) is 16.1. The SMILES string of the molecule is C#CC(C)(C)CCC.CCc1ccc(SSCCO)cc1.N. The molecule has 0 aromatic heterocycles. The molecule has 0 spiro atoms. The maximum atomic E-state index is 8.59. The average Bonchev–Trinajstić information content (AvgIpc) is 2.49. The summed E-state index contributed by atoms with van der Waals surface area (Å²) in [5, 5.41) is 8.59. The van der Waals surface area contributed by atoms with E-state index in [1.165, 1.54) is 16.9 Å². The molecule has 0 aliphatic rings. The number of hydrogen-bond donors (Lipinski definition) is 2. The van der Waals surface area contributed by atoms with Crippen molar-refractivity contribution in [3.05, 3.63) is 29.8 Å². The summed E-state index contributed by atoms with van der Waals surface area (Å²) < 4.78 is 0. The molecule has 0 heterocycles. The Balaban J connectivity index is 0. The van der Waals surface area contributed by atoms with Gasteiger partial charge in [0.2, 0.25) is 0 Å². The lowest BCUT2D eigenvalue weighted by Gasteiger charge is -2.14. The van der Waals surface area contributed by atoms with Crippen molar-refractivity contribution in [1.82, 2.24) is 6.15 Å². The third-order valence-electron chi connectivity index (χ3n) is 2.93. The maximum absolute atomic E-state index is 8.59. The third kappa shape index (κ3) is 12.0. The van der Waals surface area contributed by atoms with Crippen LogP contribution in [0.25, 0.3) is 0 Å². The van der Waals surface area contributed by atoms with E-state index in [0.29, 0.717) is 0 Å². The van der Waals surface area contributed by atoms with Gasteiger partial charge in [0, 0.05) is 16.1 Å². The highest BCUT2D eigenvalue weighted by Gasteiger charge is 2.10. The summed E-state index contributed by atoms with van der Waals surface area (Å²) >= 11 is 0. The van der Waals surface area contributed by atoms with Crippen LogP contribution in [-0.2, 0) is 6.42 Å². The zero-order valence-corrected chi connectivity index (χ0v) is 16.0. The molecule has 2 nitrogen and oxygen atoms in total. The fourth-order valence-corrected chi connectivity index (χ4v) is 3.38. The fourth-order valence-electron chi connectivity index (χ4n) is 1.62. The van der Waals surface area contributed by atoms with Gasteiger partial charge in [0.05, 0.1) is 6.61 Å². The van der Waals surface area contributed by atoms with Crippen molar-refractivity contribution in [3.8, 4) is 12.3 Å². The zero-order valence-electron chi connectivity index (χ0n) is 14.4. The van der Waals surface area contributed by atoms with E-state index in [1.54, 1.807) is 21.6 Å². The van der Waals surface area contributed by atoms with Gasteiger partial charge in [-0.1, -0.05) is 54.0 Å². The van der Waals surface area contributed by atoms with E-state index in [1.807, 2.05) is 0 Å². The van der Waals surface area contributed by atoms with Gasteiger partial charge in [-0.3, -0.25) is 0 Å². The van der Waals surface area contributed by atoms with Crippen LogP contribution in [0.5, 0.6) is 0 Å². The molecule has 1 rings (SSSR count). The number of aryl methyl sites for hydroxylation is 1. The first-order valence-corrected chi connectivity index (χ1v) is 9.78. The number of aliphatic hydroxyl groups is 1. The van der Waals surface area contributed by atoms with Gasteiger partial charge in [0.15, 0.2) is 0 Å². The lowest BCUT2D eigenvalue weighted by molar-refractivity contribution is 0.323. The minimum Gasteiger partial charge on any atom is -0.395 e. The van der Waals surface area contributed by atoms with Crippen LogP contribution in [-0.4, -0.2) is 17.5 Å². The van der Waals surface area contributed by atoms with Crippen molar-refractivity contribution in [3.63, 3.8) is 0 Å². The van der Waals surface area contributed by atoms with E-state index in [9.17, 15) is 0 Å². The lowest BCUT2D eigenvalue weighted by atomic mass is 9.90. The summed E-state index contributed by atoms with van der Waals surface area (Å²) in [5.41, 5.74) is 1.49. The molecular formula is C18H31NOS2. The van der Waals surface area contributed by atoms with E-state index in [2.05, 4.69) is 57.9 Å². The van der Waals surface area contributed by atoms with Gasteiger partial charge in [0.1, 0.15) is 0 Å². The molecule has 0 saturated heterocycles. The Kier molecular flexibility index (Phi) is 15.1. The van der Waals surface area contributed by atoms with Gasteiger partial charge in [-0.15, -0.1) is 12.3 Å². The van der Waals surface area contributed by atoms with Crippen molar-refractivity contribution >= 4 is 21.6 Å². The van der Waals surface area contributed by atoms with Crippen LogP contribution >= 0.6 is 21.6 Å². The molecule has 0 unspecified atom stereocenters. The fraction of sp³-hybridized carbons (Fsp3) is 0.556. The lowest BCUT2D eigenvalue weighted by Crippen LogP contribution is -2.05. The van der Waals surface area contributed by atoms with E-state index in [0.717, 1.165) is 18.6 Å². The van der Waals surface area contributed by atoms with Crippen LogP contribution in [0, 0.1) is 17.8 Å². The molecule has 0 aliphatic heterocycles. The molecule has 0 bridgehead atoms. The number of hydrogen-bond acceptors (Lipinski definition) is 4. The highest BCUT2D eigenvalue weighted by atomic mass is 33.1. The molecule has 0 radical (unpaired) electrons. The highest BCUT2D eigenvalue weighted by molar-refractivity contribution is 8.76. The Labute approximate surface area is 144 Å². The van der Waals surface area contributed by atoms with Crippen LogP contribution in [0.4, 0.5) is 0 Å². The minimum atomic E-state index is 0. The van der Waals surface area contributed by atoms with Crippen LogP contribution in [0.15, 0.2) is 29.2 Å². The Morgan fingerprint density at radius 2 is 1.77 bits per heavy atom. The number of aliphatic hydroxyl groups excluding tert-OH is 1. The van der Waals surface area contributed by atoms with Crippen molar-refractivity contribution in [2.45, 2.75) is 51.9 Å². The topological polar surface area (TPSA) is 55.2 Å². The summed E-state index contributed by atoms with van der Waals surface area (Å²) in [6.07, 6.45) is 8.64. The van der Waals surface area contributed by atoms with Crippen molar-refractivity contribution in [2.24, 2.45) is 5.41 Å². The smallest absolute Gasteiger partial charge is 0.0530 e. The molecule has 126 valence electrons. The normalized spacial score (nSPS) is 10.0. The standard InChI is InChI=1S/C10H14OS2.C8H14.H3N/c1-2-9-3-5-10(6-4-9)13-12-8-7-11;1-5-7-8(3,4)6-2;/h3-6,11H,2,7-8H2,1H3;2H,5,7H2,1,3-4H3;1H3. The Bertz CT molecular complexity index is 410. The first kappa shape index (κ1) is 23.7. The van der Waals surface area contributed by atoms with Crippen LogP contribution in [0.2, 0.25) is 0 Å². The monoisotopic (exact) mass is 341 g/mol. The molecule has 0 saturated carbocycles. The summed E-state index contributed by atoms with van der Waals surface area (Å²) in [7, 11) is 3.41. The highest BCUT2D eigenvalue weighted by Crippen LogP contribution is 2.30. The van der Waals surface area contributed by atoms with Crippen LogP contribution in [0.3, 0.4) is 0 Å². The second kappa shape index (κ2) is 14.0. The molecule has 22 heavy (non-hydrogen) atoms. The summed E-state index contributed by atoms with van der Waals surface area (Å²) in [6, 6.07) is 8.57. The largest absolute Gasteiger partial charge is 0.395 e. The Hall–Kier alpha value is -0.600. The molecule has 1 aromatic rings. The van der Waals surface area contributed by atoms with Crippen LogP contribution in [0.1, 0.15) is 46.1 Å². The summed E-state index contributed by atoms with van der Waals surface area (Å²) in [4.78, 5) is 1.26. The quantitative estimate of drug-likeness (QED) is 0.385. The number of rotatable bonds is 7. The van der Waals surface area contributed by atoms with Crippen molar-refractivity contribution < 1.29 is 5.11 Å². The first-order chi connectivity index (χ1) is 9.99. The van der Waals surface area contributed by atoms with Gasteiger partial charge in [-0.2, -0.15) is 0 Å². The first-order valence-electron chi connectivity index (χ1n) is 7.46. The van der Waals surface area contributed by atoms with E-state index < -0.39 is 0 Å². The second-order valence-electron chi connectivity index (χ2n) is 5.40. The predicted octanol–water partition coefficient (Wildman–Crippen LogP) is 5.59. The summed E-state index contributed by atoms with van der Waals surface area (Å²) in [6.45, 7) is 8.75. The number of terminal acetylenes is 1. The molecule has 4 heteroatoms. The van der Waals surface area contributed by atoms with Crippen molar-refractivity contribution in [1.29, 1.82) is 0 Å². The Morgan fingerprint density at radius 3 is 2.14 bits per heavy atom. The maximum Gasteiger partial charge on any atom is 0.0530 e. The molecule has 0 aliphatic carbocycles. The molecule has 0 atom stereocenters. The minimum absolute atomic E-state index is 0. The van der Waals surface area contributed by atoms with E-state index in [4.69, 9.17) is 11.5 Å². The van der Waals surface area contributed by atoms with Crippen molar-refractivity contribution in [2.75, 3.05) is 12.4 Å². The average molecular weight is 342 g/mol. The molecule has 0 amide bonds. The predicted molar refractivity (Wildman–Crippen MR) is 104 cm³/mol.